The number of carboxylic acid groups (broad SMARTS) is 1. The molecule has 72 valence electrons. The molecule has 1 aliphatic heterocycles. The molecule has 1 heterocycles. The van der Waals surface area contributed by atoms with Crippen LogP contribution in [0.3, 0.4) is 0 Å². The molecular weight excluding hydrogens is 184 g/mol. The van der Waals surface area contributed by atoms with Gasteiger partial charge in [0.25, 0.3) is 0 Å². The molecule has 0 spiro atoms. The summed E-state index contributed by atoms with van der Waals surface area (Å²) in [5.41, 5.74) is 1.35. The van der Waals surface area contributed by atoms with E-state index in [0.717, 1.165) is 11.6 Å². The van der Waals surface area contributed by atoms with E-state index in [0.29, 0.717) is 11.3 Å². The quantitative estimate of drug-likeness (QED) is 0.657. The van der Waals surface area contributed by atoms with E-state index in [9.17, 15) is 4.79 Å². The van der Waals surface area contributed by atoms with Gasteiger partial charge in [0.15, 0.2) is 0 Å². The van der Waals surface area contributed by atoms with Crippen molar-refractivity contribution in [3.8, 4) is 11.5 Å². The van der Waals surface area contributed by atoms with E-state index in [1.807, 2.05) is 0 Å². The van der Waals surface area contributed by atoms with Crippen LogP contribution >= 0.6 is 0 Å². The number of carboxylic acids is 1. The molecule has 0 unspecified atom stereocenters. The molecule has 2 rings (SSSR count). The predicted molar refractivity (Wildman–Crippen MR) is 49.2 cm³/mol. The summed E-state index contributed by atoms with van der Waals surface area (Å²) in [5.74, 6) is -0.359. The van der Waals surface area contributed by atoms with Gasteiger partial charge in [0.05, 0.1) is 0 Å². The second-order valence-electron chi connectivity index (χ2n) is 2.98. The van der Waals surface area contributed by atoms with E-state index in [-0.39, 0.29) is 12.4 Å². The van der Waals surface area contributed by atoms with Crippen molar-refractivity contribution in [2.45, 2.75) is 0 Å². The number of aliphatic carboxylic acids is 1. The fourth-order valence-electron chi connectivity index (χ4n) is 1.40. The molecule has 0 atom stereocenters. The summed E-state index contributed by atoms with van der Waals surface area (Å²) in [6.07, 6.45) is 1.11. The first-order valence-electron chi connectivity index (χ1n) is 4.06. The highest BCUT2D eigenvalue weighted by Gasteiger charge is 2.18. The lowest BCUT2D eigenvalue weighted by Gasteiger charge is -1.97. The molecule has 2 N–H and O–H groups in total. The molecule has 0 saturated heterocycles. The maximum absolute atomic E-state index is 10.5. The number of phenolic OH excluding ortho intramolecular Hbond substituents is 1. The van der Waals surface area contributed by atoms with Gasteiger partial charge in [-0.15, -0.1) is 0 Å². The molecule has 14 heavy (non-hydrogen) atoms. The van der Waals surface area contributed by atoms with Crippen molar-refractivity contribution in [3.05, 3.63) is 29.8 Å². The Morgan fingerprint density at radius 2 is 2.29 bits per heavy atom. The van der Waals surface area contributed by atoms with Gasteiger partial charge in [-0.25, -0.2) is 4.79 Å². The van der Waals surface area contributed by atoms with E-state index in [1.54, 1.807) is 6.07 Å². The van der Waals surface area contributed by atoms with Gasteiger partial charge in [0.2, 0.25) is 0 Å². The van der Waals surface area contributed by atoms with Crippen LogP contribution in [0.4, 0.5) is 0 Å². The first-order chi connectivity index (χ1) is 6.66. The van der Waals surface area contributed by atoms with Crippen LogP contribution in [0.2, 0.25) is 0 Å². The average Bonchev–Trinajstić information content (AvgIpc) is 2.47. The van der Waals surface area contributed by atoms with Crippen molar-refractivity contribution in [1.82, 2.24) is 0 Å². The Hall–Kier alpha value is -1.97. The molecule has 0 saturated carbocycles. The van der Waals surface area contributed by atoms with Crippen LogP contribution in [0.25, 0.3) is 5.57 Å². The maximum atomic E-state index is 10.5. The average molecular weight is 192 g/mol. The number of carbonyl (C=O) groups is 1. The van der Waals surface area contributed by atoms with E-state index in [2.05, 4.69) is 0 Å². The summed E-state index contributed by atoms with van der Waals surface area (Å²) >= 11 is 0. The zero-order chi connectivity index (χ0) is 10.1. The van der Waals surface area contributed by atoms with E-state index >= 15 is 0 Å². The molecule has 1 aromatic rings. The highest BCUT2D eigenvalue weighted by atomic mass is 16.5. The largest absolute Gasteiger partial charge is 0.508 e. The van der Waals surface area contributed by atoms with Gasteiger partial charge in [-0.05, 0) is 12.1 Å². The standard InChI is InChI=1S/C10H8O4/c11-7-1-2-8-6(3-10(12)13)5-14-9(8)4-7/h1-4,11H,5H2,(H,12,13)/b6-3+. The Kier molecular flexibility index (Phi) is 1.89. The van der Waals surface area contributed by atoms with Crippen molar-refractivity contribution < 1.29 is 19.7 Å². The summed E-state index contributed by atoms with van der Waals surface area (Å²) in [7, 11) is 0. The van der Waals surface area contributed by atoms with Gasteiger partial charge in [0.1, 0.15) is 18.1 Å². The number of aromatic hydroxyl groups is 1. The number of benzene rings is 1. The number of hydrogen-bond acceptors (Lipinski definition) is 3. The third-order valence-electron chi connectivity index (χ3n) is 1.99. The van der Waals surface area contributed by atoms with Crippen LogP contribution in [0.1, 0.15) is 5.56 Å². The van der Waals surface area contributed by atoms with E-state index < -0.39 is 5.97 Å². The number of rotatable bonds is 1. The monoisotopic (exact) mass is 192 g/mol. The molecular formula is C10H8O4. The van der Waals surface area contributed by atoms with Crippen LogP contribution in [0.5, 0.6) is 11.5 Å². The van der Waals surface area contributed by atoms with Crippen molar-refractivity contribution in [3.63, 3.8) is 0 Å². The van der Waals surface area contributed by atoms with Crippen LogP contribution in [-0.4, -0.2) is 22.8 Å². The second kappa shape index (κ2) is 3.06. The molecule has 4 nitrogen and oxygen atoms in total. The Balaban J connectivity index is 2.45. The van der Waals surface area contributed by atoms with Crippen molar-refractivity contribution in [2.24, 2.45) is 0 Å². The van der Waals surface area contributed by atoms with Gasteiger partial charge >= 0.3 is 5.97 Å². The maximum Gasteiger partial charge on any atom is 0.328 e. The minimum atomic E-state index is -0.996. The summed E-state index contributed by atoms with van der Waals surface area (Å²) in [6.45, 7) is 0.241. The van der Waals surface area contributed by atoms with Gasteiger partial charge in [-0.1, -0.05) is 0 Å². The Labute approximate surface area is 80.1 Å². The van der Waals surface area contributed by atoms with E-state index in [4.69, 9.17) is 14.9 Å². The van der Waals surface area contributed by atoms with E-state index in [1.165, 1.54) is 12.1 Å². The molecule has 4 heteroatoms. The topological polar surface area (TPSA) is 66.8 Å². The lowest BCUT2D eigenvalue weighted by atomic mass is 10.1. The minimum Gasteiger partial charge on any atom is -0.508 e. The summed E-state index contributed by atoms with van der Waals surface area (Å²) in [5, 5.41) is 17.7. The normalized spacial score (nSPS) is 16.4. The van der Waals surface area contributed by atoms with Crippen LogP contribution in [0.15, 0.2) is 24.3 Å². The molecule has 0 aromatic heterocycles. The van der Waals surface area contributed by atoms with Crippen molar-refractivity contribution in [2.75, 3.05) is 6.61 Å². The molecule has 0 fully saturated rings. The summed E-state index contributed by atoms with van der Waals surface area (Å²) in [4.78, 5) is 10.5. The molecule has 0 amide bonds. The molecule has 0 radical (unpaired) electrons. The van der Waals surface area contributed by atoms with Gasteiger partial charge in [0, 0.05) is 23.3 Å². The lowest BCUT2D eigenvalue weighted by molar-refractivity contribution is -0.131. The third-order valence-corrected chi connectivity index (χ3v) is 1.99. The molecule has 0 aliphatic carbocycles. The Morgan fingerprint density at radius 1 is 1.50 bits per heavy atom. The number of ether oxygens (including phenoxy) is 1. The lowest BCUT2D eigenvalue weighted by Crippen LogP contribution is -1.93. The Bertz CT molecular complexity index is 420. The van der Waals surface area contributed by atoms with Crippen molar-refractivity contribution in [1.29, 1.82) is 0 Å². The predicted octanol–water partition coefficient (Wildman–Crippen LogP) is 1.25. The zero-order valence-electron chi connectivity index (χ0n) is 7.23. The SMILES string of the molecule is O=C(O)/C=C1\COc2cc(O)ccc21. The summed E-state index contributed by atoms with van der Waals surface area (Å²) in [6, 6.07) is 4.62. The van der Waals surface area contributed by atoms with Gasteiger partial charge < -0.3 is 14.9 Å². The smallest absolute Gasteiger partial charge is 0.328 e. The second-order valence-corrected chi connectivity index (χ2v) is 2.98. The van der Waals surface area contributed by atoms with Crippen LogP contribution in [0, 0.1) is 0 Å². The fraction of sp³-hybridized carbons (Fsp3) is 0.100. The highest BCUT2D eigenvalue weighted by Crippen LogP contribution is 2.35. The zero-order valence-corrected chi connectivity index (χ0v) is 7.23. The van der Waals surface area contributed by atoms with Crippen molar-refractivity contribution >= 4 is 11.5 Å². The van der Waals surface area contributed by atoms with Crippen LogP contribution in [-0.2, 0) is 4.79 Å². The van der Waals surface area contributed by atoms with Gasteiger partial charge in [-0.3, -0.25) is 0 Å². The summed E-state index contributed by atoms with van der Waals surface area (Å²) < 4.78 is 5.20. The molecule has 1 aromatic carbocycles. The van der Waals surface area contributed by atoms with Crippen LogP contribution < -0.4 is 4.74 Å². The molecule has 1 aliphatic rings. The van der Waals surface area contributed by atoms with Gasteiger partial charge in [-0.2, -0.15) is 0 Å². The first-order valence-corrected chi connectivity index (χ1v) is 4.06. The molecule has 0 bridgehead atoms. The fourth-order valence-corrected chi connectivity index (χ4v) is 1.40. The third kappa shape index (κ3) is 1.42. The highest BCUT2D eigenvalue weighted by molar-refractivity contribution is 5.92. The first kappa shape index (κ1) is 8.62. The number of hydrogen-bond donors (Lipinski definition) is 2. The minimum absolute atomic E-state index is 0.111. The number of fused-ring (bicyclic) bond motifs is 1. The number of phenols is 1. The Morgan fingerprint density at radius 3 is 3.00 bits per heavy atom.